The van der Waals surface area contributed by atoms with Crippen molar-refractivity contribution in [1.82, 2.24) is 4.31 Å². The van der Waals surface area contributed by atoms with Crippen molar-refractivity contribution in [3.8, 4) is 0 Å². The van der Waals surface area contributed by atoms with Crippen molar-refractivity contribution in [2.24, 2.45) is 0 Å². The summed E-state index contributed by atoms with van der Waals surface area (Å²) in [5.41, 5.74) is 5.90. The summed E-state index contributed by atoms with van der Waals surface area (Å²) in [5.74, 6) is -0.661. The Kier molecular flexibility index (Phi) is 4.89. The highest BCUT2D eigenvalue weighted by molar-refractivity contribution is 7.89. The van der Waals surface area contributed by atoms with Gasteiger partial charge in [-0.05, 0) is 32.9 Å². The lowest BCUT2D eigenvalue weighted by atomic mass is 10.2. The molecule has 0 saturated carbocycles. The fourth-order valence-corrected chi connectivity index (χ4v) is 3.39. The Morgan fingerprint density at radius 3 is 2.42 bits per heavy atom. The third-order valence-corrected chi connectivity index (χ3v) is 4.91. The summed E-state index contributed by atoms with van der Waals surface area (Å²) < 4.78 is 39.5. The minimum Gasteiger partial charge on any atom is -0.398 e. The van der Waals surface area contributed by atoms with E-state index in [1.54, 1.807) is 13.8 Å². The molecule has 0 heterocycles. The van der Waals surface area contributed by atoms with Gasteiger partial charge in [0, 0.05) is 23.8 Å². The number of nitrogen functional groups attached to an aromatic ring is 1. The molecule has 0 saturated heterocycles. The van der Waals surface area contributed by atoms with E-state index in [1.807, 2.05) is 0 Å². The third kappa shape index (κ3) is 3.23. The number of halogens is 1. The second kappa shape index (κ2) is 5.85. The van der Waals surface area contributed by atoms with Crippen LogP contribution < -0.4 is 5.73 Å². The zero-order valence-electron chi connectivity index (χ0n) is 11.2. The molecule has 0 atom stereocenters. The van der Waals surface area contributed by atoms with Gasteiger partial charge in [-0.15, -0.1) is 0 Å². The van der Waals surface area contributed by atoms with E-state index in [-0.39, 0.29) is 35.3 Å². The molecule has 5 nitrogen and oxygen atoms in total. The summed E-state index contributed by atoms with van der Waals surface area (Å²) in [7, 11) is -3.87. The standard InChI is InChI=1S/C12H19FN2O3S/c1-8(2)15(4-5-16)19(17,18)10-6-11(13)9(3)12(14)7-10/h6-8,16H,4-5,14H2,1-3H3. The average Bonchev–Trinajstić information content (AvgIpc) is 2.31. The van der Waals surface area contributed by atoms with Crippen LogP contribution in [0.15, 0.2) is 17.0 Å². The van der Waals surface area contributed by atoms with Gasteiger partial charge in [-0.25, -0.2) is 12.8 Å². The van der Waals surface area contributed by atoms with E-state index >= 15 is 0 Å². The fourth-order valence-electron chi connectivity index (χ4n) is 1.71. The molecule has 1 aromatic rings. The van der Waals surface area contributed by atoms with Gasteiger partial charge in [0.2, 0.25) is 10.0 Å². The first-order chi connectivity index (χ1) is 8.71. The van der Waals surface area contributed by atoms with Crippen molar-refractivity contribution in [1.29, 1.82) is 0 Å². The van der Waals surface area contributed by atoms with E-state index in [0.717, 1.165) is 10.4 Å². The Labute approximate surface area is 112 Å². The Bertz CT molecular complexity index is 535. The zero-order valence-corrected chi connectivity index (χ0v) is 12.0. The normalized spacial score (nSPS) is 12.4. The lowest BCUT2D eigenvalue weighted by Crippen LogP contribution is -2.39. The van der Waals surface area contributed by atoms with Gasteiger partial charge in [0.25, 0.3) is 0 Å². The molecule has 0 aromatic heterocycles. The van der Waals surface area contributed by atoms with Gasteiger partial charge in [0.15, 0.2) is 0 Å². The Hall–Kier alpha value is -1.18. The van der Waals surface area contributed by atoms with Gasteiger partial charge in [0.05, 0.1) is 11.5 Å². The lowest BCUT2D eigenvalue weighted by Gasteiger charge is -2.25. The van der Waals surface area contributed by atoms with E-state index in [9.17, 15) is 12.8 Å². The number of sulfonamides is 1. The van der Waals surface area contributed by atoms with Gasteiger partial charge in [-0.1, -0.05) is 0 Å². The Balaban J connectivity index is 3.33. The maximum Gasteiger partial charge on any atom is 0.243 e. The fraction of sp³-hybridized carbons (Fsp3) is 0.500. The Morgan fingerprint density at radius 1 is 1.42 bits per heavy atom. The maximum atomic E-state index is 13.6. The van der Waals surface area contributed by atoms with Crippen LogP contribution in [0.2, 0.25) is 0 Å². The summed E-state index contributed by atoms with van der Waals surface area (Å²) in [6.45, 7) is 4.49. The summed E-state index contributed by atoms with van der Waals surface area (Å²) in [6, 6.07) is 1.84. The second-order valence-corrected chi connectivity index (χ2v) is 6.44. The predicted molar refractivity (Wildman–Crippen MR) is 71.7 cm³/mol. The third-order valence-electron chi connectivity index (χ3n) is 2.86. The van der Waals surface area contributed by atoms with Crippen LogP contribution in [0.1, 0.15) is 19.4 Å². The topological polar surface area (TPSA) is 83.6 Å². The van der Waals surface area contributed by atoms with Crippen LogP contribution in [0, 0.1) is 12.7 Å². The minimum absolute atomic E-state index is 0.0462. The highest BCUT2D eigenvalue weighted by Crippen LogP contribution is 2.24. The van der Waals surface area contributed by atoms with Gasteiger partial charge in [-0.3, -0.25) is 0 Å². The molecule has 3 N–H and O–H groups in total. The summed E-state index contributed by atoms with van der Waals surface area (Å²) in [6.07, 6.45) is 0. The number of aliphatic hydroxyl groups excluding tert-OH is 1. The number of benzene rings is 1. The number of aliphatic hydroxyl groups is 1. The molecule has 0 bridgehead atoms. The van der Waals surface area contributed by atoms with Crippen LogP contribution in [0.4, 0.5) is 10.1 Å². The van der Waals surface area contributed by atoms with E-state index in [1.165, 1.54) is 13.0 Å². The number of nitrogens with zero attached hydrogens (tertiary/aromatic N) is 1. The molecule has 0 spiro atoms. The molecule has 7 heteroatoms. The first kappa shape index (κ1) is 15.9. The molecule has 1 aromatic carbocycles. The van der Waals surface area contributed by atoms with Crippen molar-refractivity contribution in [2.45, 2.75) is 31.7 Å². The lowest BCUT2D eigenvalue weighted by molar-refractivity contribution is 0.236. The molecule has 0 aliphatic rings. The molecular weight excluding hydrogens is 271 g/mol. The number of anilines is 1. The molecule has 1 rings (SSSR count). The molecular formula is C12H19FN2O3S. The van der Waals surface area contributed by atoms with Crippen LogP contribution >= 0.6 is 0 Å². The molecule has 0 amide bonds. The number of rotatable bonds is 5. The van der Waals surface area contributed by atoms with E-state index < -0.39 is 15.8 Å². The van der Waals surface area contributed by atoms with Crippen molar-refractivity contribution in [3.63, 3.8) is 0 Å². The van der Waals surface area contributed by atoms with Crippen LogP contribution in [0.3, 0.4) is 0 Å². The number of hydrogen-bond donors (Lipinski definition) is 2. The van der Waals surface area contributed by atoms with Crippen molar-refractivity contribution < 1.29 is 17.9 Å². The van der Waals surface area contributed by atoms with Crippen LogP contribution in [0.25, 0.3) is 0 Å². The highest BCUT2D eigenvalue weighted by Gasteiger charge is 2.27. The smallest absolute Gasteiger partial charge is 0.243 e. The summed E-state index contributed by atoms with van der Waals surface area (Å²) in [5, 5.41) is 8.94. The van der Waals surface area contributed by atoms with Crippen LogP contribution in [-0.4, -0.2) is 37.0 Å². The second-order valence-electron chi connectivity index (χ2n) is 4.55. The molecule has 19 heavy (non-hydrogen) atoms. The molecule has 0 unspecified atom stereocenters. The SMILES string of the molecule is Cc1c(N)cc(S(=O)(=O)N(CCO)C(C)C)cc1F. The van der Waals surface area contributed by atoms with Gasteiger partial charge < -0.3 is 10.8 Å². The minimum atomic E-state index is -3.87. The van der Waals surface area contributed by atoms with Crippen molar-refractivity contribution >= 4 is 15.7 Å². The van der Waals surface area contributed by atoms with Crippen LogP contribution in [0.5, 0.6) is 0 Å². The molecule has 108 valence electrons. The quantitative estimate of drug-likeness (QED) is 0.796. The number of hydrogen-bond acceptors (Lipinski definition) is 4. The monoisotopic (exact) mass is 290 g/mol. The predicted octanol–water partition coefficient (Wildman–Crippen LogP) is 1.11. The van der Waals surface area contributed by atoms with Gasteiger partial charge in [0.1, 0.15) is 5.82 Å². The highest BCUT2D eigenvalue weighted by atomic mass is 32.2. The van der Waals surface area contributed by atoms with Gasteiger partial charge in [-0.2, -0.15) is 4.31 Å². The first-order valence-corrected chi connectivity index (χ1v) is 7.34. The zero-order chi connectivity index (χ0) is 14.8. The molecule has 0 fully saturated rings. The first-order valence-electron chi connectivity index (χ1n) is 5.90. The van der Waals surface area contributed by atoms with E-state index in [4.69, 9.17) is 10.8 Å². The van der Waals surface area contributed by atoms with Crippen LogP contribution in [-0.2, 0) is 10.0 Å². The largest absolute Gasteiger partial charge is 0.398 e. The molecule has 0 aliphatic carbocycles. The molecule has 0 aliphatic heterocycles. The van der Waals surface area contributed by atoms with Crippen molar-refractivity contribution in [3.05, 3.63) is 23.5 Å². The van der Waals surface area contributed by atoms with E-state index in [0.29, 0.717) is 0 Å². The summed E-state index contributed by atoms with van der Waals surface area (Å²) in [4.78, 5) is -0.199. The summed E-state index contributed by atoms with van der Waals surface area (Å²) >= 11 is 0. The molecule has 0 radical (unpaired) electrons. The van der Waals surface area contributed by atoms with Gasteiger partial charge >= 0.3 is 0 Å². The van der Waals surface area contributed by atoms with Crippen molar-refractivity contribution in [2.75, 3.05) is 18.9 Å². The Morgan fingerprint density at radius 2 is 2.00 bits per heavy atom. The maximum absolute atomic E-state index is 13.6. The average molecular weight is 290 g/mol. The van der Waals surface area contributed by atoms with E-state index in [2.05, 4.69) is 0 Å². The number of nitrogens with two attached hydrogens (primary N) is 1.